The van der Waals surface area contributed by atoms with E-state index in [1.807, 2.05) is 0 Å². The molecule has 0 amide bonds. The average molecular weight is 308 g/mol. The third kappa shape index (κ3) is 2.91. The van der Waals surface area contributed by atoms with Crippen molar-refractivity contribution in [2.45, 2.75) is 11.3 Å². The molecule has 0 spiro atoms. The van der Waals surface area contributed by atoms with Gasteiger partial charge in [-0.25, -0.2) is 17.9 Å². The van der Waals surface area contributed by atoms with Crippen LogP contribution < -0.4 is 10.5 Å². The van der Waals surface area contributed by atoms with Crippen molar-refractivity contribution in [1.82, 2.24) is 9.71 Å². The Morgan fingerprint density at radius 1 is 1.24 bits per heavy atom. The SMILES string of the molecule is O=c1[nH]c2ccc(S(=O)(=O)NCCc3ccco3)cc2o1. The van der Waals surface area contributed by atoms with Crippen LogP contribution in [0.2, 0.25) is 0 Å². The number of furan rings is 1. The van der Waals surface area contributed by atoms with Gasteiger partial charge in [0.05, 0.1) is 16.7 Å². The summed E-state index contributed by atoms with van der Waals surface area (Å²) in [5, 5.41) is 0. The summed E-state index contributed by atoms with van der Waals surface area (Å²) in [7, 11) is -3.66. The molecule has 7 nitrogen and oxygen atoms in total. The second-order valence-electron chi connectivity index (χ2n) is 4.40. The lowest BCUT2D eigenvalue weighted by Crippen LogP contribution is -2.25. The summed E-state index contributed by atoms with van der Waals surface area (Å²) in [5.41, 5.74) is 0.656. The highest BCUT2D eigenvalue weighted by Gasteiger charge is 2.15. The van der Waals surface area contributed by atoms with Crippen molar-refractivity contribution < 1.29 is 17.3 Å². The molecule has 3 rings (SSSR count). The molecule has 0 aliphatic rings. The van der Waals surface area contributed by atoms with E-state index in [-0.39, 0.29) is 17.0 Å². The van der Waals surface area contributed by atoms with Crippen LogP contribution in [0.25, 0.3) is 11.1 Å². The van der Waals surface area contributed by atoms with E-state index < -0.39 is 15.8 Å². The Bertz CT molecular complexity index is 906. The Morgan fingerprint density at radius 2 is 2.10 bits per heavy atom. The highest BCUT2D eigenvalue weighted by atomic mass is 32.2. The molecule has 0 unspecified atom stereocenters. The number of sulfonamides is 1. The molecule has 21 heavy (non-hydrogen) atoms. The first-order chi connectivity index (χ1) is 10.0. The molecule has 3 aromatic rings. The van der Waals surface area contributed by atoms with Crippen molar-refractivity contribution in [1.29, 1.82) is 0 Å². The second-order valence-corrected chi connectivity index (χ2v) is 6.17. The molecular formula is C13H12N2O5S. The van der Waals surface area contributed by atoms with E-state index in [0.29, 0.717) is 17.7 Å². The predicted molar refractivity (Wildman–Crippen MR) is 74.4 cm³/mol. The summed E-state index contributed by atoms with van der Waals surface area (Å²) in [5.74, 6) is 0.0788. The maximum Gasteiger partial charge on any atom is 0.417 e. The largest absolute Gasteiger partial charge is 0.469 e. The fraction of sp³-hybridized carbons (Fsp3) is 0.154. The second kappa shape index (κ2) is 5.23. The van der Waals surface area contributed by atoms with Crippen molar-refractivity contribution in [3.8, 4) is 0 Å². The fourth-order valence-corrected chi connectivity index (χ4v) is 2.99. The van der Waals surface area contributed by atoms with Gasteiger partial charge in [-0.15, -0.1) is 0 Å². The number of rotatable bonds is 5. The van der Waals surface area contributed by atoms with E-state index in [1.165, 1.54) is 24.5 Å². The van der Waals surface area contributed by atoms with E-state index in [1.54, 1.807) is 12.1 Å². The third-order valence-corrected chi connectivity index (χ3v) is 4.41. The summed E-state index contributed by atoms with van der Waals surface area (Å²) in [6.07, 6.45) is 1.99. The number of oxazole rings is 1. The number of nitrogens with one attached hydrogen (secondary N) is 2. The smallest absolute Gasteiger partial charge is 0.417 e. The molecular weight excluding hydrogens is 296 g/mol. The molecule has 2 heterocycles. The highest BCUT2D eigenvalue weighted by molar-refractivity contribution is 7.89. The predicted octanol–water partition coefficient (Wildman–Crippen LogP) is 1.24. The number of fused-ring (bicyclic) bond motifs is 1. The molecule has 0 aliphatic carbocycles. The van der Waals surface area contributed by atoms with Crippen LogP contribution in [0.5, 0.6) is 0 Å². The van der Waals surface area contributed by atoms with Crippen LogP contribution in [-0.2, 0) is 16.4 Å². The zero-order valence-corrected chi connectivity index (χ0v) is 11.6. The average Bonchev–Trinajstić information content (AvgIpc) is 3.05. The van der Waals surface area contributed by atoms with E-state index in [9.17, 15) is 13.2 Å². The van der Waals surface area contributed by atoms with Crippen molar-refractivity contribution in [3.63, 3.8) is 0 Å². The van der Waals surface area contributed by atoms with Gasteiger partial charge in [0.15, 0.2) is 5.58 Å². The summed E-state index contributed by atoms with van der Waals surface area (Å²) < 4.78 is 36.7. The number of aromatic amines is 1. The van der Waals surface area contributed by atoms with Crippen LogP contribution in [0, 0.1) is 0 Å². The van der Waals surface area contributed by atoms with Gasteiger partial charge in [-0.05, 0) is 24.3 Å². The standard InChI is InChI=1S/C13H12N2O5S/c16-13-15-11-4-3-10(8-12(11)20-13)21(17,18)14-6-5-9-2-1-7-19-9/h1-4,7-8,14H,5-6H2,(H,15,16). The Balaban J connectivity index is 1.77. The summed E-state index contributed by atoms with van der Waals surface area (Å²) in [6.45, 7) is 0.213. The Labute approximate surface area is 119 Å². The van der Waals surface area contributed by atoms with Crippen LogP contribution in [0.3, 0.4) is 0 Å². The minimum atomic E-state index is -3.66. The third-order valence-electron chi connectivity index (χ3n) is 2.95. The molecule has 0 fully saturated rings. The van der Waals surface area contributed by atoms with Gasteiger partial charge < -0.3 is 8.83 Å². The molecule has 110 valence electrons. The van der Waals surface area contributed by atoms with Crippen molar-refractivity contribution in [3.05, 3.63) is 52.9 Å². The maximum atomic E-state index is 12.1. The number of hydrogen-bond acceptors (Lipinski definition) is 5. The van der Waals surface area contributed by atoms with Gasteiger partial charge >= 0.3 is 5.76 Å². The van der Waals surface area contributed by atoms with Gasteiger partial charge in [-0.1, -0.05) is 0 Å². The van der Waals surface area contributed by atoms with E-state index >= 15 is 0 Å². The maximum absolute atomic E-state index is 12.1. The molecule has 2 aromatic heterocycles. The first kappa shape index (κ1) is 13.7. The van der Waals surface area contributed by atoms with Crippen LogP contribution in [0.1, 0.15) is 5.76 Å². The first-order valence-electron chi connectivity index (χ1n) is 6.19. The van der Waals surface area contributed by atoms with Crippen LogP contribution in [-0.4, -0.2) is 19.9 Å². The van der Waals surface area contributed by atoms with E-state index in [0.717, 1.165) is 0 Å². The molecule has 0 radical (unpaired) electrons. The van der Waals surface area contributed by atoms with Gasteiger partial charge in [0.1, 0.15) is 5.76 Å². The summed E-state index contributed by atoms with van der Waals surface area (Å²) in [4.78, 5) is 13.5. The fourth-order valence-electron chi connectivity index (χ4n) is 1.94. The van der Waals surface area contributed by atoms with E-state index in [4.69, 9.17) is 8.83 Å². The van der Waals surface area contributed by atoms with Crippen LogP contribution in [0.15, 0.2) is 55.1 Å². The van der Waals surface area contributed by atoms with Crippen molar-refractivity contribution in [2.24, 2.45) is 0 Å². The van der Waals surface area contributed by atoms with Gasteiger partial charge in [-0.3, -0.25) is 4.98 Å². The normalized spacial score (nSPS) is 12.0. The zero-order chi connectivity index (χ0) is 14.9. The molecule has 2 N–H and O–H groups in total. The topological polar surface area (TPSA) is 105 Å². The first-order valence-corrected chi connectivity index (χ1v) is 7.68. The number of H-pyrrole nitrogens is 1. The Hall–Kier alpha value is -2.32. The molecule has 0 atom stereocenters. The number of benzene rings is 1. The van der Waals surface area contributed by atoms with Gasteiger partial charge in [0.2, 0.25) is 10.0 Å². The molecule has 1 aromatic carbocycles. The Kier molecular flexibility index (Phi) is 3.40. The lowest BCUT2D eigenvalue weighted by atomic mass is 10.3. The quantitative estimate of drug-likeness (QED) is 0.737. The minimum Gasteiger partial charge on any atom is -0.469 e. The molecule has 0 saturated carbocycles. The molecule has 8 heteroatoms. The van der Waals surface area contributed by atoms with Gasteiger partial charge in [-0.2, -0.15) is 0 Å². The van der Waals surface area contributed by atoms with Gasteiger partial charge in [0, 0.05) is 19.0 Å². The lowest BCUT2D eigenvalue weighted by Gasteiger charge is -2.05. The lowest BCUT2D eigenvalue weighted by molar-refractivity contribution is 0.506. The number of hydrogen-bond donors (Lipinski definition) is 2. The summed E-state index contributed by atoms with van der Waals surface area (Å²) in [6, 6.07) is 7.72. The zero-order valence-electron chi connectivity index (χ0n) is 10.8. The van der Waals surface area contributed by atoms with E-state index in [2.05, 4.69) is 9.71 Å². The molecule has 0 saturated heterocycles. The van der Waals surface area contributed by atoms with Crippen LogP contribution in [0.4, 0.5) is 0 Å². The minimum absolute atomic E-state index is 0.0391. The number of aromatic nitrogens is 1. The summed E-state index contributed by atoms with van der Waals surface area (Å²) >= 11 is 0. The molecule has 0 aliphatic heterocycles. The Morgan fingerprint density at radius 3 is 2.86 bits per heavy atom. The van der Waals surface area contributed by atoms with Gasteiger partial charge in [0.25, 0.3) is 0 Å². The highest BCUT2D eigenvalue weighted by Crippen LogP contribution is 2.16. The van der Waals surface area contributed by atoms with Crippen molar-refractivity contribution >= 4 is 21.1 Å². The van der Waals surface area contributed by atoms with Crippen LogP contribution >= 0.6 is 0 Å². The molecule has 0 bridgehead atoms. The van der Waals surface area contributed by atoms with Crippen molar-refractivity contribution in [2.75, 3.05) is 6.54 Å². The monoisotopic (exact) mass is 308 g/mol.